The maximum atomic E-state index is 14.0. The number of carbonyl (C=O) groups excluding carboxylic acids is 1. The molecule has 0 saturated heterocycles. The van der Waals surface area contributed by atoms with Gasteiger partial charge in [0.05, 0.1) is 12.2 Å². The Morgan fingerprint density at radius 2 is 1.97 bits per heavy atom. The fourth-order valence-electron chi connectivity index (χ4n) is 3.15. The van der Waals surface area contributed by atoms with E-state index in [1.165, 1.54) is 6.07 Å². The lowest BCUT2D eigenvalue weighted by molar-refractivity contribution is 0.185. The Labute approximate surface area is 175 Å². The number of carbonyl (C=O) groups is 1. The lowest BCUT2D eigenvalue weighted by Gasteiger charge is -2.29. The van der Waals surface area contributed by atoms with Crippen LogP contribution in [0.25, 0.3) is 0 Å². The van der Waals surface area contributed by atoms with Crippen molar-refractivity contribution >= 4 is 23.3 Å². The first-order chi connectivity index (χ1) is 14.0. The largest absolute Gasteiger partial charge is 0.345 e. The molecule has 0 aliphatic heterocycles. The van der Waals surface area contributed by atoms with Gasteiger partial charge in [-0.2, -0.15) is 0 Å². The highest BCUT2D eigenvalue weighted by molar-refractivity contribution is 6.30. The second-order valence-electron chi connectivity index (χ2n) is 7.05. The van der Waals surface area contributed by atoms with Crippen molar-refractivity contribution in [1.82, 2.24) is 9.47 Å². The van der Waals surface area contributed by atoms with Crippen LogP contribution in [0, 0.1) is 5.82 Å². The molecule has 1 unspecified atom stereocenters. The summed E-state index contributed by atoms with van der Waals surface area (Å²) in [6.07, 6.45) is 2.78. The van der Waals surface area contributed by atoms with Gasteiger partial charge in [-0.3, -0.25) is 0 Å². The van der Waals surface area contributed by atoms with Crippen molar-refractivity contribution in [2.45, 2.75) is 39.4 Å². The second-order valence-corrected chi connectivity index (χ2v) is 7.49. The molecule has 0 spiro atoms. The van der Waals surface area contributed by atoms with E-state index in [1.54, 1.807) is 23.1 Å². The summed E-state index contributed by atoms with van der Waals surface area (Å²) in [5.74, 6) is -0.450. The van der Waals surface area contributed by atoms with E-state index in [9.17, 15) is 9.18 Å². The van der Waals surface area contributed by atoms with E-state index in [4.69, 9.17) is 11.6 Å². The smallest absolute Gasteiger partial charge is 0.322 e. The Bertz CT molecular complexity index is 972. The molecule has 0 aliphatic rings. The Kier molecular flexibility index (Phi) is 6.94. The Balaban J connectivity index is 1.78. The fourth-order valence-corrected chi connectivity index (χ4v) is 3.36. The lowest BCUT2D eigenvalue weighted by atomic mass is 10.2. The fraction of sp³-hybridized carbons (Fsp3) is 0.261. The van der Waals surface area contributed by atoms with Crippen LogP contribution in [0.5, 0.6) is 0 Å². The van der Waals surface area contributed by atoms with Crippen LogP contribution >= 0.6 is 11.6 Å². The van der Waals surface area contributed by atoms with Crippen LogP contribution in [0.15, 0.2) is 66.9 Å². The van der Waals surface area contributed by atoms with Crippen molar-refractivity contribution in [2.24, 2.45) is 0 Å². The predicted molar refractivity (Wildman–Crippen MR) is 116 cm³/mol. The molecule has 2 amide bonds. The van der Waals surface area contributed by atoms with Gasteiger partial charge in [-0.25, -0.2) is 9.18 Å². The first-order valence-electron chi connectivity index (χ1n) is 9.68. The Hall–Kier alpha value is -2.79. The van der Waals surface area contributed by atoms with E-state index in [1.807, 2.05) is 56.4 Å². The van der Waals surface area contributed by atoms with Gasteiger partial charge >= 0.3 is 6.03 Å². The Morgan fingerprint density at radius 1 is 1.17 bits per heavy atom. The van der Waals surface area contributed by atoms with Crippen molar-refractivity contribution < 1.29 is 9.18 Å². The van der Waals surface area contributed by atoms with Crippen molar-refractivity contribution in [2.75, 3.05) is 5.32 Å². The van der Waals surface area contributed by atoms with Crippen LogP contribution in [0.2, 0.25) is 5.02 Å². The van der Waals surface area contributed by atoms with Gasteiger partial charge < -0.3 is 14.8 Å². The number of nitrogens with one attached hydrogen (secondary N) is 1. The summed E-state index contributed by atoms with van der Waals surface area (Å²) >= 11 is 6.10. The second kappa shape index (κ2) is 9.61. The predicted octanol–water partition coefficient (Wildman–Crippen LogP) is 6.16. The minimum Gasteiger partial charge on any atom is -0.345 e. The van der Waals surface area contributed by atoms with Gasteiger partial charge in [-0.1, -0.05) is 42.8 Å². The molecule has 0 radical (unpaired) electrons. The average molecular weight is 414 g/mol. The molecule has 6 heteroatoms. The number of amides is 2. The molecule has 1 atom stereocenters. The summed E-state index contributed by atoms with van der Waals surface area (Å²) in [5.41, 5.74) is 2.26. The molecule has 0 fully saturated rings. The number of para-hydroxylation sites is 1. The summed E-state index contributed by atoms with van der Waals surface area (Å²) < 4.78 is 16.1. The van der Waals surface area contributed by atoms with Gasteiger partial charge in [0, 0.05) is 29.5 Å². The standard InChI is InChI=1S/C23H25ClFN3O/c1-3-17(2)28(23(29)26-22-12-5-4-11-21(22)25)16-20-10-7-13-27(20)15-18-8-6-9-19(24)14-18/h4-14,17H,3,15-16H2,1-2H3,(H,26,29). The maximum Gasteiger partial charge on any atom is 0.322 e. The first kappa shape index (κ1) is 20.9. The maximum absolute atomic E-state index is 14.0. The lowest BCUT2D eigenvalue weighted by Crippen LogP contribution is -2.41. The number of hydrogen-bond donors (Lipinski definition) is 1. The number of hydrogen-bond acceptors (Lipinski definition) is 1. The number of rotatable bonds is 7. The van der Waals surface area contributed by atoms with Crippen LogP contribution < -0.4 is 5.32 Å². The zero-order chi connectivity index (χ0) is 20.8. The average Bonchev–Trinajstić information content (AvgIpc) is 3.14. The normalized spacial score (nSPS) is 11.9. The van der Waals surface area contributed by atoms with Gasteiger partial charge in [0.15, 0.2) is 0 Å². The van der Waals surface area contributed by atoms with Crippen molar-refractivity contribution in [3.63, 3.8) is 0 Å². The molecule has 2 aromatic carbocycles. The van der Waals surface area contributed by atoms with Gasteiger partial charge in [-0.15, -0.1) is 0 Å². The molecular weight excluding hydrogens is 389 g/mol. The van der Waals surface area contributed by atoms with Gasteiger partial charge in [0.25, 0.3) is 0 Å². The third kappa shape index (κ3) is 5.39. The molecule has 1 aromatic heterocycles. The minimum atomic E-state index is -0.450. The van der Waals surface area contributed by atoms with Crippen LogP contribution in [0.3, 0.4) is 0 Å². The zero-order valence-corrected chi connectivity index (χ0v) is 17.4. The molecule has 0 saturated carbocycles. The van der Waals surface area contributed by atoms with Gasteiger partial charge in [-0.05, 0) is 55.3 Å². The number of halogens is 2. The molecule has 3 aromatic rings. The quantitative estimate of drug-likeness (QED) is 0.494. The number of urea groups is 1. The first-order valence-corrected chi connectivity index (χ1v) is 10.1. The molecular formula is C23H25ClFN3O. The Morgan fingerprint density at radius 3 is 2.69 bits per heavy atom. The van der Waals surface area contributed by atoms with E-state index < -0.39 is 5.82 Å². The molecule has 0 aliphatic carbocycles. The molecule has 1 N–H and O–H groups in total. The van der Waals surface area contributed by atoms with Crippen LogP contribution in [-0.2, 0) is 13.1 Å². The molecule has 1 heterocycles. The highest BCUT2D eigenvalue weighted by Crippen LogP contribution is 2.19. The summed E-state index contributed by atoms with van der Waals surface area (Å²) in [4.78, 5) is 14.7. The SMILES string of the molecule is CCC(C)N(Cc1cccn1Cc1cccc(Cl)c1)C(=O)Nc1ccccc1F. The van der Waals surface area contributed by atoms with Gasteiger partial charge in [0.2, 0.25) is 0 Å². The number of anilines is 1. The summed E-state index contributed by atoms with van der Waals surface area (Å²) in [5, 5.41) is 3.40. The number of aromatic nitrogens is 1. The van der Waals surface area contributed by atoms with E-state index in [0.717, 1.165) is 17.7 Å². The highest BCUT2D eigenvalue weighted by Gasteiger charge is 2.21. The molecule has 4 nitrogen and oxygen atoms in total. The van der Waals surface area contributed by atoms with E-state index in [-0.39, 0.29) is 17.8 Å². The third-order valence-corrected chi connectivity index (χ3v) is 5.23. The summed E-state index contributed by atoms with van der Waals surface area (Å²) in [7, 11) is 0. The zero-order valence-electron chi connectivity index (χ0n) is 16.6. The van der Waals surface area contributed by atoms with E-state index >= 15 is 0 Å². The number of benzene rings is 2. The number of nitrogens with zero attached hydrogens (tertiary/aromatic N) is 2. The molecule has 29 heavy (non-hydrogen) atoms. The van der Waals surface area contributed by atoms with E-state index in [0.29, 0.717) is 18.1 Å². The van der Waals surface area contributed by atoms with Gasteiger partial charge in [0.1, 0.15) is 5.82 Å². The van der Waals surface area contributed by atoms with Crippen molar-refractivity contribution in [3.8, 4) is 0 Å². The van der Waals surface area contributed by atoms with Crippen molar-refractivity contribution in [1.29, 1.82) is 0 Å². The highest BCUT2D eigenvalue weighted by atomic mass is 35.5. The van der Waals surface area contributed by atoms with Crippen molar-refractivity contribution in [3.05, 3.63) is 89.0 Å². The molecule has 152 valence electrons. The summed E-state index contributed by atoms with van der Waals surface area (Å²) in [6, 6.07) is 17.5. The molecule has 3 rings (SSSR count). The third-order valence-electron chi connectivity index (χ3n) is 5.00. The summed E-state index contributed by atoms with van der Waals surface area (Å²) in [6.45, 7) is 5.10. The monoisotopic (exact) mass is 413 g/mol. The molecule has 0 bridgehead atoms. The topological polar surface area (TPSA) is 37.3 Å². The van der Waals surface area contributed by atoms with Crippen LogP contribution in [0.1, 0.15) is 31.5 Å². The van der Waals surface area contributed by atoms with Crippen LogP contribution in [0.4, 0.5) is 14.9 Å². The van der Waals surface area contributed by atoms with E-state index in [2.05, 4.69) is 9.88 Å². The minimum absolute atomic E-state index is 0.00343. The van der Waals surface area contributed by atoms with Crippen LogP contribution in [-0.4, -0.2) is 21.5 Å².